The van der Waals surface area contributed by atoms with E-state index in [1.165, 1.54) is 5.56 Å². The van der Waals surface area contributed by atoms with Crippen LogP contribution in [0.3, 0.4) is 0 Å². The van der Waals surface area contributed by atoms with Crippen LogP contribution in [0.4, 0.5) is 0 Å². The fraction of sp³-hybridized carbons (Fsp3) is 0.444. The van der Waals surface area contributed by atoms with Gasteiger partial charge in [0, 0.05) is 18.3 Å². The van der Waals surface area contributed by atoms with Crippen LogP contribution in [0.15, 0.2) is 12.4 Å². The van der Waals surface area contributed by atoms with Crippen LogP contribution >= 0.6 is 0 Å². The number of nitrogens with zero attached hydrogens (tertiary/aromatic N) is 2. The summed E-state index contributed by atoms with van der Waals surface area (Å²) in [5, 5.41) is 7.31. The van der Waals surface area contributed by atoms with Gasteiger partial charge in [-0.15, -0.1) is 6.42 Å². The molecule has 0 aliphatic heterocycles. The van der Waals surface area contributed by atoms with Crippen LogP contribution in [0, 0.1) is 12.3 Å². The van der Waals surface area contributed by atoms with Crippen molar-refractivity contribution in [2.45, 2.75) is 20.0 Å². The van der Waals surface area contributed by atoms with Gasteiger partial charge in [0.15, 0.2) is 0 Å². The van der Waals surface area contributed by atoms with Crippen LogP contribution < -0.4 is 5.32 Å². The third-order valence-electron chi connectivity index (χ3n) is 1.52. The molecule has 0 saturated carbocycles. The lowest BCUT2D eigenvalue weighted by molar-refractivity contribution is 0.707. The molecule has 0 atom stereocenters. The Morgan fingerprint density at radius 3 is 3.25 bits per heavy atom. The quantitative estimate of drug-likeness (QED) is 0.660. The van der Waals surface area contributed by atoms with Gasteiger partial charge in [-0.1, -0.05) is 12.8 Å². The Balaban J connectivity index is 2.48. The summed E-state index contributed by atoms with van der Waals surface area (Å²) in [7, 11) is 0. The van der Waals surface area contributed by atoms with Crippen molar-refractivity contribution in [1.82, 2.24) is 15.1 Å². The third kappa shape index (κ3) is 2.40. The largest absolute Gasteiger partial charge is 0.313 e. The Labute approximate surface area is 72.8 Å². The van der Waals surface area contributed by atoms with Crippen molar-refractivity contribution in [3.63, 3.8) is 0 Å². The van der Waals surface area contributed by atoms with Crippen molar-refractivity contribution in [2.24, 2.45) is 0 Å². The van der Waals surface area contributed by atoms with E-state index in [-0.39, 0.29) is 0 Å². The molecule has 0 unspecified atom stereocenters. The second-order valence-corrected chi connectivity index (χ2v) is 2.53. The Kier molecular flexibility index (Phi) is 3.36. The molecule has 64 valence electrons. The van der Waals surface area contributed by atoms with E-state index in [4.69, 9.17) is 6.42 Å². The number of aromatic nitrogens is 2. The Hall–Kier alpha value is -1.27. The highest BCUT2D eigenvalue weighted by molar-refractivity contribution is 5.04. The standard InChI is InChI=1S/C9H13N3/c1-3-5-12-8-9(7-11-12)6-10-4-2/h1,7-8,10H,4-6H2,2H3. The third-order valence-corrected chi connectivity index (χ3v) is 1.52. The lowest BCUT2D eigenvalue weighted by atomic mass is 10.3. The molecule has 0 bridgehead atoms. The zero-order chi connectivity index (χ0) is 8.81. The van der Waals surface area contributed by atoms with E-state index in [1.54, 1.807) is 4.68 Å². The Bertz CT molecular complexity index is 270. The number of hydrogen-bond donors (Lipinski definition) is 1. The van der Waals surface area contributed by atoms with Crippen LogP contribution in [0.1, 0.15) is 12.5 Å². The molecular formula is C9H13N3. The van der Waals surface area contributed by atoms with E-state index in [9.17, 15) is 0 Å². The van der Waals surface area contributed by atoms with Crippen molar-refractivity contribution in [1.29, 1.82) is 0 Å². The molecule has 0 aromatic carbocycles. The highest BCUT2D eigenvalue weighted by Crippen LogP contribution is 1.95. The summed E-state index contributed by atoms with van der Waals surface area (Å²) in [6.07, 6.45) is 8.94. The van der Waals surface area contributed by atoms with Gasteiger partial charge in [-0.25, -0.2) is 0 Å². The first-order valence-electron chi connectivity index (χ1n) is 4.02. The summed E-state index contributed by atoms with van der Waals surface area (Å²) in [6, 6.07) is 0. The van der Waals surface area contributed by atoms with Crippen molar-refractivity contribution >= 4 is 0 Å². The first kappa shape index (κ1) is 8.82. The number of nitrogens with one attached hydrogen (secondary N) is 1. The number of rotatable bonds is 4. The van der Waals surface area contributed by atoms with Crippen LogP contribution in [0.5, 0.6) is 0 Å². The van der Waals surface area contributed by atoms with Gasteiger partial charge in [0.05, 0.1) is 6.20 Å². The van der Waals surface area contributed by atoms with Gasteiger partial charge in [-0.3, -0.25) is 4.68 Å². The maximum atomic E-state index is 5.14. The summed E-state index contributed by atoms with van der Waals surface area (Å²) in [5.41, 5.74) is 1.17. The van der Waals surface area contributed by atoms with Gasteiger partial charge < -0.3 is 5.32 Å². The lowest BCUT2D eigenvalue weighted by Gasteiger charge is -1.95. The molecule has 3 heteroatoms. The number of hydrogen-bond acceptors (Lipinski definition) is 2. The molecule has 3 nitrogen and oxygen atoms in total. The summed E-state index contributed by atoms with van der Waals surface area (Å²) in [6.45, 7) is 4.46. The molecule has 0 aliphatic rings. The van der Waals surface area contributed by atoms with Crippen molar-refractivity contribution in [2.75, 3.05) is 6.54 Å². The molecule has 1 rings (SSSR count). The van der Waals surface area contributed by atoms with Crippen molar-refractivity contribution < 1.29 is 0 Å². The lowest BCUT2D eigenvalue weighted by Crippen LogP contribution is -2.10. The van der Waals surface area contributed by atoms with Crippen LogP contribution in [0.25, 0.3) is 0 Å². The first-order chi connectivity index (χ1) is 5.86. The molecule has 0 fully saturated rings. The van der Waals surface area contributed by atoms with Crippen LogP contribution in [-0.4, -0.2) is 16.3 Å². The maximum absolute atomic E-state index is 5.14. The van der Waals surface area contributed by atoms with Crippen LogP contribution in [-0.2, 0) is 13.1 Å². The average molecular weight is 163 g/mol. The summed E-state index contributed by atoms with van der Waals surface area (Å²) in [4.78, 5) is 0. The SMILES string of the molecule is C#CCn1cc(CNCC)cn1. The highest BCUT2D eigenvalue weighted by Gasteiger charge is 1.94. The van der Waals surface area contributed by atoms with Gasteiger partial charge in [0.1, 0.15) is 6.54 Å². The average Bonchev–Trinajstić information content (AvgIpc) is 2.50. The molecule has 0 aliphatic carbocycles. The fourth-order valence-electron chi connectivity index (χ4n) is 0.947. The van der Waals surface area contributed by atoms with E-state index >= 15 is 0 Å². The minimum atomic E-state index is 0.548. The van der Waals surface area contributed by atoms with Gasteiger partial charge in [-0.05, 0) is 6.54 Å². The minimum absolute atomic E-state index is 0.548. The first-order valence-corrected chi connectivity index (χ1v) is 4.02. The van der Waals surface area contributed by atoms with Gasteiger partial charge >= 0.3 is 0 Å². The predicted octanol–water partition coefficient (Wildman–Crippen LogP) is 0.626. The topological polar surface area (TPSA) is 29.9 Å². The van der Waals surface area contributed by atoms with E-state index in [0.717, 1.165) is 13.1 Å². The smallest absolute Gasteiger partial charge is 0.101 e. The Morgan fingerprint density at radius 1 is 1.75 bits per heavy atom. The van der Waals surface area contributed by atoms with E-state index < -0.39 is 0 Å². The Morgan fingerprint density at radius 2 is 2.58 bits per heavy atom. The molecule has 0 amide bonds. The van der Waals surface area contributed by atoms with E-state index in [0.29, 0.717) is 6.54 Å². The van der Waals surface area contributed by atoms with Crippen molar-refractivity contribution in [3.05, 3.63) is 18.0 Å². The maximum Gasteiger partial charge on any atom is 0.101 e. The zero-order valence-corrected chi connectivity index (χ0v) is 7.25. The van der Waals surface area contributed by atoms with E-state index in [1.807, 2.05) is 12.4 Å². The number of terminal acetylenes is 1. The second kappa shape index (κ2) is 4.58. The molecule has 1 N–H and O–H groups in total. The molecule has 0 saturated heterocycles. The van der Waals surface area contributed by atoms with E-state index in [2.05, 4.69) is 23.3 Å². The highest BCUT2D eigenvalue weighted by atomic mass is 15.3. The molecule has 0 radical (unpaired) electrons. The normalized spacial score (nSPS) is 9.67. The van der Waals surface area contributed by atoms with Gasteiger partial charge in [0.2, 0.25) is 0 Å². The van der Waals surface area contributed by atoms with Crippen LogP contribution in [0.2, 0.25) is 0 Å². The fourth-order valence-corrected chi connectivity index (χ4v) is 0.947. The zero-order valence-electron chi connectivity index (χ0n) is 7.25. The molecule has 0 spiro atoms. The van der Waals surface area contributed by atoms with Gasteiger partial charge in [0.25, 0.3) is 0 Å². The molecule has 1 heterocycles. The second-order valence-electron chi connectivity index (χ2n) is 2.53. The summed E-state index contributed by atoms with van der Waals surface area (Å²) >= 11 is 0. The minimum Gasteiger partial charge on any atom is -0.313 e. The molecular weight excluding hydrogens is 150 g/mol. The molecule has 12 heavy (non-hydrogen) atoms. The summed E-state index contributed by atoms with van der Waals surface area (Å²) < 4.78 is 1.76. The molecule has 1 aromatic rings. The van der Waals surface area contributed by atoms with Gasteiger partial charge in [-0.2, -0.15) is 5.10 Å². The van der Waals surface area contributed by atoms with Crippen molar-refractivity contribution in [3.8, 4) is 12.3 Å². The molecule has 1 aromatic heterocycles. The predicted molar refractivity (Wildman–Crippen MR) is 48.4 cm³/mol. The summed E-state index contributed by atoms with van der Waals surface area (Å²) in [5.74, 6) is 2.53. The monoisotopic (exact) mass is 163 g/mol.